The van der Waals surface area contributed by atoms with Gasteiger partial charge in [-0.25, -0.2) is 0 Å². The van der Waals surface area contributed by atoms with E-state index >= 15 is 0 Å². The maximum absolute atomic E-state index is 10.0. The zero-order valence-electron chi connectivity index (χ0n) is 10.9. The van der Waals surface area contributed by atoms with Gasteiger partial charge in [0.05, 0.1) is 19.3 Å². The summed E-state index contributed by atoms with van der Waals surface area (Å²) in [7, 11) is 0. The summed E-state index contributed by atoms with van der Waals surface area (Å²) in [4.78, 5) is 2.19. The van der Waals surface area contributed by atoms with E-state index in [1.807, 2.05) is 18.2 Å². The summed E-state index contributed by atoms with van der Waals surface area (Å²) in [5, 5.41) is 28.6. The summed E-state index contributed by atoms with van der Waals surface area (Å²) in [5.74, 6) is 0. The SMILES string of the molecule is OCCC(O)C(O)c1cccc(N2CCOCC2)c1. The number of aliphatic hydroxyl groups excluding tert-OH is 3. The van der Waals surface area contributed by atoms with Gasteiger partial charge in [-0.1, -0.05) is 12.1 Å². The average Bonchev–Trinajstić information content (AvgIpc) is 2.48. The van der Waals surface area contributed by atoms with Crippen LogP contribution in [0.2, 0.25) is 0 Å². The summed E-state index contributed by atoms with van der Waals surface area (Å²) >= 11 is 0. The van der Waals surface area contributed by atoms with Gasteiger partial charge in [-0.05, 0) is 24.1 Å². The van der Waals surface area contributed by atoms with Crippen LogP contribution in [0, 0.1) is 0 Å². The molecule has 2 unspecified atom stereocenters. The predicted molar refractivity (Wildman–Crippen MR) is 72.1 cm³/mol. The first-order valence-corrected chi connectivity index (χ1v) is 6.62. The van der Waals surface area contributed by atoms with E-state index in [2.05, 4.69) is 4.90 Å². The van der Waals surface area contributed by atoms with Crippen molar-refractivity contribution in [1.82, 2.24) is 0 Å². The first-order valence-electron chi connectivity index (χ1n) is 6.62. The van der Waals surface area contributed by atoms with E-state index in [4.69, 9.17) is 9.84 Å². The molecule has 1 aromatic carbocycles. The van der Waals surface area contributed by atoms with E-state index in [0.717, 1.165) is 18.8 Å². The molecule has 1 saturated heterocycles. The summed E-state index contributed by atoms with van der Waals surface area (Å²) in [6.07, 6.45) is -1.73. The fourth-order valence-electron chi connectivity index (χ4n) is 2.24. The summed E-state index contributed by atoms with van der Waals surface area (Å²) < 4.78 is 5.31. The molecule has 0 bridgehead atoms. The van der Waals surface area contributed by atoms with Gasteiger partial charge >= 0.3 is 0 Å². The Morgan fingerprint density at radius 2 is 1.95 bits per heavy atom. The lowest BCUT2D eigenvalue weighted by atomic mass is 10.0. The van der Waals surface area contributed by atoms with Gasteiger partial charge in [0.2, 0.25) is 0 Å². The van der Waals surface area contributed by atoms with E-state index in [0.29, 0.717) is 18.8 Å². The third-order valence-electron chi connectivity index (χ3n) is 3.38. The standard InChI is InChI=1S/C14H21NO4/c16-7-4-13(17)14(18)11-2-1-3-12(10-11)15-5-8-19-9-6-15/h1-3,10,13-14,16-18H,4-9H2. The maximum Gasteiger partial charge on any atom is 0.105 e. The van der Waals surface area contributed by atoms with Gasteiger partial charge in [0.25, 0.3) is 0 Å². The molecular weight excluding hydrogens is 246 g/mol. The van der Waals surface area contributed by atoms with Crippen LogP contribution in [-0.2, 0) is 4.74 Å². The van der Waals surface area contributed by atoms with Crippen molar-refractivity contribution in [2.75, 3.05) is 37.8 Å². The number of ether oxygens (including phenoxy) is 1. The zero-order valence-corrected chi connectivity index (χ0v) is 10.9. The van der Waals surface area contributed by atoms with E-state index in [1.165, 1.54) is 0 Å². The van der Waals surface area contributed by atoms with Gasteiger partial charge in [0, 0.05) is 25.4 Å². The molecule has 0 aliphatic carbocycles. The number of anilines is 1. The normalized spacial score (nSPS) is 19.2. The molecular formula is C14H21NO4. The van der Waals surface area contributed by atoms with Crippen molar-refractivity contribution in [2.45, 2.75) is 18.6 Å². The monoisotopic (exact) mass is 267 g/mol. The predicted octanol–water partition coefficient (Wildman–Crippen LogP) is 0.300. The van der Waals surface area contributed by atoms with Crippen LogP contribution in [0.25, 0.3) is 0 Å². The Morgan fingerprint density at radius 3 is 2.63 bits per heavy atom. The number of rotatable bonds is 5. The smallest absolute Gasteiger partial charge is 0.105 e. The molecule has 2 atom stereocenters. The molecule has 19 heavy (non-hydrogen) atoms. The van der Waals surface area contributed by atoms with Crippen LogP contribution in [0.4, 0.5) is 5.69 Å². The lowest BCUT2D eigenvalue weighted by Gasteiger charge is -2.29. The van der Waals surface area contributed by atoms with E-state index in [-0.39, 0.29) is 13.0 Å². The Morgan fingerprint density at radius 1 is 1.21 bits per heavy atom. The Hall–Kier alpha value is -1.14. The quantitative estimate of drug-likeness (QED) is 0.715. The highest BCUT2D eigenvalue weighted by molar-refractivity contribution is 5.49. The lowest BCUT2D eigenvalue weighted by Crippen LogP contribution is -2.36. The Balaban J connectivity index is 2.09. The van der Waals surface area contributed by atoms with Crippen molar-refractivity contribution >= 4 is 5.69 Å². The Labute approximate surface area is 113 Å². The van der Waals surface area contributed by atoms with Crippen LogP contribution < -0.4 is 4.90 Å². The number of morpholine rings is 1. The molecule has 1 aromatic rings. The molecule has 3 N–H and O–H groups in total. The summed E-state index contributed by atoms with van der Waals surface area (Å²) in [6.45, 7) is 2.94. The second-order valence-electron chi connectivity index (χ2n) is 4.72. The highest BCUT2D eigenvalue weighted by atomic mass is 16.5. The molecule has 1 fully saturated rings. The zero-order chi connectivity index (χ0) is 13.7. The molecule has 5 nitrogen and oxygen atoms in total. The van der Waals surface area contributed by atoms with Crippen molar-refractivity contribution in [2.24, 2.45) is 0 Å². The third-order valence-corrected chi connectivity index (χ3v) is 3.38. The van der Waals surface area contributed by atoms with Crippen LogP contribution in [0.1, 0.15) is 18.1 Å². The van der Waals surface area contributed by atoms with E-state index in [1.54, 1.807) is 6.07 Å². The topological polar surface area (TPSA) is 73.2 Å². The van der Waals surface area contributed by atoms with Gasteiger partial charge < -0.3 is 25.0 Å². The van der Waals surface area contributed by atoms with Crippen molar-refractivity contribution in [3.63, 3.8) is 0 Å². The van der Waals surface area contributed by atoms with Crippen LogP contribution >= 0.6 is 0 Å². The number of hydrogen-bond donors (Lipinski definition) is 3. The van der Waals surface area contributed by atoms with E-state index in [9.17, 15) is 10.2 Å². The fraction of sp³-hybridized carbons (Fsp3) is 0.571. The van der Waals surface area contributed by atoms with Crippen LogP contribution in [0.15, 0.2) is 24.3 Å². The molecule has 1 heterocycles. The minimum Gasteiger partial charge on any atom is -0.396 e. The minimum atomic E-state index is -0.965. The average molecular weight is 267 g/mol. The lowest BCUT2D eigenvalue weighted by molar-refractivity contribution is 0.00423. The van der Waals surface area contributed by atoms with E-state index < -0.39 is 12.2 Å². The molecule has 0 saturated carbocycles. The first-order chi connectivity index (χ1) is 9.22. The third kappa shape index (κ3) is 3.67. The summed E-state index contributed by atoms with van der Waals surface area (Å²) in [6, 6.07) is 7.53. The van der Waals surface area contributed by atoms with Gasteiger partial charge in [-0.3, -0.25) is 0 Å². The molecule has 0 radical (unpaired) electrons. The van der Waals surface area contributed by atoms with Gasteiger partial charge in [-0.2, -0.15) is 0 Å². The largest absolute Gasteiger partial charge is 0.396 e. The van der Waals surface area contributed by atoms with Gasteiger partial charge in [0.15, 0.2) is 0 Å². The molecule has 5 heteroatoms. The number of benzene rings is 1. The number of nitrogens with zero attached hydrogens (tertiary/aromatic N) is 1. The van der Waals surface area contributed by atoms with Crippen molar-refractivity contribution < 1.29 is 20.1 Å². The van der Waals surface area contributed by atoms with Crippen molar-refractivity contribution in [3.8, 4) is 0 Å². The number of aliphatic hydroxyl groups is 3. The van der Waals surface area contributed by atoms with Crippen molar-refractivity contribution in [3.05, 3.63) is 29.8 Å². The van der Waals surface area contributed by atoms with Crippen LogP contribution in [-0.4, -0.2) is 54.3 Å². The highest BCUT2D eigenvalue weighted by Gasteiger charge is 2.19. The minimum absolute atomic E-state index is 0.138. The van der Waals surface area contributed by atoms with Crippen LogP contribution in [0.3, 0.4) is 0 Å². The molecule has 0 aromatic heterocycles. The molecule has 0 spiro atoms. The number of hydrogen-bond acceptors (Lipinski definition) is 5. The molecule has 0 amide bonds. The second kappa shape index (κ2) is 6.86. The first kappa shape index (κ1) is 14.3. The molecule has 1 aliphatic heterocycles. The highest BCUT2D eigenvalue weighted by Crippen LogP contribution is 2.24. The Bertz CT molecular complexity index is 393. The molecule has 1 aliphatic rings. The summed E-state index contributed by atoms with van der Waals surface area (Å²) in [5.41, 5.74) is 1.70. The molecule has 106 valence electrons. The fourth-order valence-corrected chi connectivity index (χ4v) is 2.24. The molecule has 2 rings (SSSR count). The van der Waals surface area contributed by atoms with Crippen LogP contribution in [0.5, 0.6) is 0 Å². The second-order valence-corrected chi connectivity index (χ2v) is 4.72. The Kier molecular flexibility index (Phi) is 5.15. The van der Waals surface area contributed by atoms with Crippen molar-refractivity contribution in [1.29, 1.82) is 0 Å². The maximum atomic E-state index is 10.0. The van der Waals surface area contributed by atoms with Gasteiger partial charge in [-0.15, -0.1) is 0 Å². The van der Waals surface area contributed by atoms with Gasteiger partial charge in [0.1, 0.15) is 6.10 Å².